The van der Waals surface area contributed by atoms with Crippen LogP contribution in [0, 0.1) is 0 Å². The van der Waals surface area contributed by atoms with Crippen LogP contribution in [0.3, 0.4) is 0 Å². The van der Waals surface area contributed by atoms with Gasteiger partial charge in [-0.3, -0.25) is 0 Å². The SMILES string of the molecule is COc1ccc(Br)c(CNc2ccc(Br)c(Cl)c2Cl)c1. The van der Waals surface area contributed by atoms with Gasteiger partial charge in [0.2, 0.25) is 0 Å². The molecule has 6 heteroatoms. The summed E-state index contributed by atoms with van der Waals surface area (Å²) in [6.45, 7) is 0.607. The summed E-state index contributed by atoms with van der Waals surface area (Å²) >= 11 is 19.2. The maximum absolute atomic E-state index is 6.20. The molecule has 2 nitrogen and oxygen atoms in total. The van der Waals surface area contributed by atoms with E-state index in [2.05, 4.69) is 37.2 Å². The Kier molecular flexibility index (Phi) is 5.61. The van der Waals surface area contributed by atoms with E-state index < -0.39 is 0 Å². The van der Waals surface area contributed by atoms with Crippen molar-refractivity contribution in [2.24, 2.45) is 0 Å². The van der Waals surface area contributed by atoms with Crippen molar-refractivity contribution in [3.63, 3.8) is 0 Å². The van der Waals surface area contributed by atoms with E-state index in [9.17, 15) is 0 Å². The number of ether oxygens (including phenoxy) is 1. The van der Waals surface area contributed by atoms with E-state index in [-0.39, 0.29) is 0 Å². The predicted octanol–water partition coefficient (Wildman–Crippen LogP) is 6.14. The molecule has 2 rings (SSSR count). The van der Waals surface area contributed by atoms with Crippen LogP contribution in [0.2, 0.25) is 10.0 Å². The van der Waals surface area contributed by atoms with Gasteiger partial charge in [0.05, 0.1) is 22.8 Å². The van der Waals surface area contributed by atoms with Gasteiger partial charge < -0.3 is 10.1 Å². The van der Waals surface area contributed by atoms with Crippen LogP contribution in [-0.4, -0.2) is 7.11 Å². The number of rotatable bonds is 4. The molecule has 0 saturated carbocycles. The summed E-state index contributed by atoms with van der Waals surface area (Å²) in [5, 5.41) is 4.27. The van der Waals surface area contributed by atoms with Crippen molar-refractivity contribution in [1.82, 2.24) is 0 Å². The van der Waals surface area contributed by atoms with Crippen molar-refractivity contribution < 1.29 is 4.74 Å². The average Bonchev–Trinajstić information content (AvgIpc) is 2.45. The Bertz CT molecular complexity index is 635. The second-order valence-corrected chi connectivity index (χ2v) is 6.50. The van der Waals surface area contributed by atoms with Gasteiger partial charge in [0.1, 0.15) is 5.75 Å². The molecule has 0 aromatic heterocycles. The summed E-state index contributed by atoms with van der Waals surface area (Å²) in [6.07, 6.45) is 0. The third kappa shape index (κ3) is 3.61. The van der Waals surface area contributed by atoms with Crippen LogP contribution >= 0.6 is 55.1 Å². The molecule has 0 aliphatic heterocycles. The van der Waals surface area contributed by atoms with Crippen molar-refractivity contribution in [2.45, 2.75) is 6.54 Å². The standard InChI is InChI=1S/C14H11Br2Cl2NO/c1-20-9-2-3-10(15)8(6-9)7-19-12-5-4-11(16)13(17)14(12)18/h2-6,19H,7H2,1H3. The first kappa shape index (κ1) is 16.0. The fourth-order valence-corrected chi connectivity index (χ4v) is 2.89. The molecular weight excluding hydrogens is 429 g/mol. The smallest absolute Gasteiger partial charge is 0.119 e. The summed E-state index contributed by atoms with van der Waals surface area (Å²) in [5.41, 5.74) is 1.86. The Labute approximate surface area is 144 Å². The molecule has 20 heavy (non-hydrogen) atoms. The fraction of sp³-hybridized carbons (Fsp3) is 0.143. The number of methoxy groups -OCH3 is 1. The molecule has 0 aliphatic carbocycles. The zero-order valence-electron chi connectivity index (χ0n) is 10.5. The number of benzene rings is 2. The van der Waals surface area contributed by atoms with Crippen LogP contribution in [0.15, 0.2) is 39.3 Å². The highest BCUT2D eigenvalue weighted by molar-refractivity contribution is 9.10. The Morgan fingerprint density at radius 2 is 1.75 bits per heavy atom. The topological polar surface area (TPSA) is 21.3 Å². The molecule has 0 amide bonds. The van der Waals surface area contributed by atoms with Crippen molar-refractivity contribution in [3.05, 3.63) is 54.9 Å². The first-order valence-electron chi connectivity index (χ1n) is 5.72. The maximum Gasteiger partial charge on any atom is 0.119 e. The molecule has 106 valence electrons. The summed E-state index contributed by atoms with van der Waals surface area (Å²) in [5.74, 6) is 0.810. The monoisotopic (exact) mass is 437 g/mol. The number of nitrogens with one attached hydrogen (secondary N) is 1. The summed E-state index contributed by atoms with van der Waals surface area (Å²) in [4.78, 5) is 0. The lowest BCUT2D eigenvalue weighted by atomic mass is 10.2. The Morgan fingerprint density at radius 3 is 2.45 bits per heavy atom. The predicted molar refractivity (Wildman–Crippen MR) is 92.2 cm³/mol. The van der Waals surface area contributed by atoms with Gasteiger partial charge in [0, 0.05) is 15.5 Å². The third-order valence-electron chi connectivity index (χ3n) is 2.76. The Balaban J connectivity index is 2.19. The van der Waals surface area contributed by atoms with Gasteiger partial charge in [0.15, 0.2) is 0 Å². The molecule has 0 unspecified atom stereocenters. The van der Waals surface area contributed by atoms with Gasteiger partial charge in [0.25, 0.3) is 0 Å². The summed E-state index contributed by atoms with van der Waals surface area (Å²) < 4.78 is 7.00. The molecule has 2 aromatic carbocycles. The minimum atomic E-state index is 0.500. The fourth-order valence-electron chi connectivity index (χ4n) is 1.67. The normalized spacial score (nSPS) is 10.4. The highest BCUT2D eigenvalue weighted by atomic mass is 79.9. The summed E-state index contributed by atoms with van der Waals surface area (Å²) in [6, 6.07) is 9.55. The third-order valence-corrected chi connectivity index (χ3v) is 5.30. The minimum absolute atomic E-state index is 0.500. The molecule has 0 radical (unpaired) electrons. The molecule has 0 bridgehead atoms. The van der Waals surface area contributed by atoms with Crippen LogP contribution in [-0.2, 0) is 6.54 Å². The van der Waals surface area contributed by atoms with Gasteiger partial charge in [-0.1, -0.05) is 39.1 Å². The van der Waals surface area contributed by atoms with Crippen LogP contribution < -0.4 is 10.1 Å². The van der Waals surface area contributed by atoms with E-state index in [1.54, 1.807) is 7.11 Å². The van der Waals surface area contributed by atoms with Crippen molar-refractivity contribution in [2.75, 3.05) is 12.4 Å². The van der Waals surface area contributed by atoms with Crippen LogP contribution in [0.1, 0.15) is 5.56 Å². The van der Waals surface area contributed by atoms with Crippen LogP contribution in [0.5, 0.6) is 5.75 Å². The second kappa shape index (κ2) is 7.03. The molecule has 0 atom stereocenters. The van der Waals surface area contributed by atoms with E-state index in [4.69, 9.17) is 27.9 Å². The van der Waals surface area contributed by atoms with E-state index in [1.807, 2.05) is 30.3 Å². The molecule has 0 spiro atoms. The van der Waals surface area contributed by atoms with Gasteiger partial charge in [-0.05, 0) is 51.8 Å². The minimum Gasteiger partial charge on any atom is -0.497 e. The van der Waals surface area contributed by atoms with Gasteiger partial charge in [-0.15, -0.1) is 0 Å². The molecule has 0 saturated heterocycles. The van der Waals surface area contributed by atoms with Crippen LogP contribution in [0.4, 0.5) is 5.69 Å². The highest BCUT2D eigenvalue weighted by Gasteiger charge is 2.09. The second-order valence-electron chi connectivity index (χ2n) is 4.03. The van der Waals surface area contributed by atoms with Gasteiger partial charge in [-0.2, -0.15) is 0 Å². The molecule has 0 fully saturated rings. The zero-order valence-corrected chi connectivity index (χ0v) is 15.2. The van der Waals surface area contributed by atoms with Crippen molar-refractivity contribution in [1.29, 1.82) is 0 Å². The van der Waals surface area contributed by atoms with Crippen molar-refractivity contribution in [3.8, 4) is 5.75 Å². The van der Waals surface area contributed by atoms with E-state index in [0.717, 1.165) is 25.9 Å². The molecule has 0 aliphatic rings. The maximum atomic E-state index is 6.20. The lowest BCUT2D eigenvalue weighted by Crippen LogP contribution is -2.01. The molecular formula is C14H11Br2Cl2NO. The Hall–Kier alpha value is -0.420. The zero-order chi connectivity index (χ0) is 14.7. The Morgan fingerprint density at radius 1 is 1.05 bits per heavy atom. The number of hydrogen-bond acceptors (Lipinski definition) is 2. The molecule has 2 aromatic rings. The van der Waals surface area contributed by atoms with Crippen molar-refractivity contribution >= 4 is 60.7 Å². The van der Waals surface area contributed by atoms with E-state index in [1.165, 1.54) is 0 Å². The lowest BCUT2D eigenvalue weighted by molar-refractivity contribution is 0.414. The number of hydrogen-bond donors (Lipinski definition) is 1. The van der Waals surface area contributed by atoms with E-state index >= 15 is 0 Å². The average molecular weight is 440 g/mol. The van der Waals surface area contributed by atoms with Crippen LogP contribution in [0.25, 0.3) is 0 Å². The number of anilines is 1. The largest absolute Gasteiger partial charge is 0.497 e. The quantitative estimate of drug-likeness (QED) is 0.578. The highest BCUT2D eigenvalue weighted by Crippen LogP contribution is 2.36. The first-order valence-corrected chi connectivity index (χ1v) is 8.07. The molecule has 1 N–H and O–H groups in total. The van der Waals surface area contributed by atoms with E-state index in [0.29, 0.717) is 16.6 Å². The summed E-state index contributed by atoms with van der Waals surface area (Å²) in [7, 11) is 1.64. The number of halogens is 4. The van der Waals surface area contributed by atoms with Gasteiger partial charge in [-0.25, -0.2) is 0 Å². The van der Waals surface area contributed by atoms with Gasteiger partial charge >= 0.3 is 0 Å². The first-order chi connectivity index (χ1) is 9.52. The molecule has 0 heterocycles. The lowest BCUT2D eigenvalue weighted by Gasteiger charge is -2.12.